The minimum atomic E-state index is -1.05. The third-order valence-electron chi connectivity index (χ3n) is 2.28. The van der Waals surface area contributed by atoms with E-state index in [1.54, 1.807) is 24.3 Å². The van der Waals surface area contributed by atoms with E-state index in [0.29, 0.717) is 10.0 Å². The Kier molecular flexibility index (Phi) is 5.03. The van der Waals surface area contributed by atoms with Crippen LogP contribution in [0.25, 0.3) is 0 Å². The molecule has 0 aliphatic heterocycles. The minimum absolute atomic E-state index is 0.134. The molecule has 18 heavy (non-hydrogen) atoms. The number of carbonyl (C=O) groups is 3. The second-order valence-corrected chi connectivity index (χ2v) is 4.45. The van der Waals surface area contributed by atoms with Crippen molar-refractivity contribution in [1.82, 2.24) is 4.90 Å². The highest BCUT2D eigenvalue weighted by Gasteiger charge is 2.21. The van der Waals surface area contributed by atoms with E-state index in [1.807, 2.05) is 0 Å². The Labute approximate surface area is 113 Å². The molecule has 0 unspecified atom stereocenters. The van der Waals surface area contributed by atoms with Crippen LogP contribution in [0.3, 0.4) is 0 Å². The number of benzene rings is 1. The lowest BCUT2D eigenvalue weighted by Gasteiger charge is -2.18. The van der Waals surface area contributed by atoms with Gasteiger partial charge < -0.3 is 5.11 Å². The van der Waals surface area contributed by atoms with Gasteiger partial charge in [-0.25, -0.2) is 0 Å². The van der Waals surface area contributed by atoms with Crippen LogP contribution in [0.15, 0.2) is 28.7 Å². The SMILES string of the molecule is CC(=O)N(CCC(=O)O)C(=O)c1ccccc1Br. The van der Waals surface area contributed by atoms with Crippen LogP contribution in [-0.4, -0.2) is 34.3 Å². The second-order valence-electron chi connectivity index (χ2n) is 3.60. The predicted octanol–water partition coefficient (Wildman–Crippen LogP) is 1.91. The van der Waals surface area contributed by atoms with Crippen LogP contribution in [0.5, 0.6) is 0 Å². The fourth-order valence-corrected chi connectivity index (χ4v) is 1.84. The fourth-order valence-electron chi connectivity index (χ4n) is 1.39. The highest BCUT2D eigenvalue weighted by atomic mass is 79.9. The highest BCUT2D eigenvalue weighted by Crippen LogP contribution is 2.18. The molecule has 96 valence electrons. The Bertz CT molecular complexity index is 487. The Morgan fingerprint density at radius 1 is 1.28 bits per heavy atom. The van der Waals surface area contributed by atoms with Gasteiger partial charge in [-0.05, 0) is 28.1 Å². The Hall–Kier alpha value is -1.69. The van der Waals surface area contributed by atoms with Crippen LogP contribution in [0.1, 0.15) is 23.7 Å². The molecule has 0 atom stereocenters. The van der Waals surface area contributed by atoms with E-state index in [2.05, 4.69) is 15.9 Å². The van der Waals surface area contributed by atoms with Crippen molar-refractivity contribution in [3.05, 3.63) is 34.3 Å². The number of carbonyl (C=O) groups excluding carboxylic acids is 2. The van der Waals surface area contributed by atoms with E-state index in [9.17, 15) is 14.4 Å². The zero-order valence-electron chi connectivity index (χ0n) is 9.72. The van der Waals surface area contributed by atoms with E-state index in [0.717, 1.165) is 4.90 Å². The van der Waals surface area contributed by atoms with Crippen LogP contribution in [0.2, 0.25) is 0 Å². The molecule has 0 saturated carbocycles. The third kappa shape index (κ3) is 3.66. The maximum Gasteiger partial charge on any atom is 0.305 e. The average Bonchev–Trinajstić information content (AvgIpc) is 2.28. The largest absolute Gasteiger partial charge is 0.481 e. The second kappa shape index (κ2) is 6.30. The van der Waals surface area contributed by atoms with Gasteiger partial charge in [0, 0.05) is 17.9 Å². The van der Waals surface area contributed by atoms with Crippen molar-refractivity contribution in [1.29, 1.82) is 0 Å². The number of nitrogens with zero attached hydrogens (tertiary/aromatic N) is 1. The molecule has 0 bridgehead atoms. The lowest BCUT2D eigenvalue weighted by Crippen LogP contribution is -2.37. The van der Waals surface area contributed by atoms with Crippen LogP contribution >= 0.6 is 15.9 Å². The monoisotopic (exact) mass is 313 g/mol. The lowest BCUT2D eigenvalue weighted by atomic mass is 10.2. The maximum atomic E-state index is 12.1. The van der Waals surface area contributed by atoms with Gasteiger partial charge in [0.2, 0.25) is 5.91 Å². The molecular weight excluding hydrogens is 302 g/mol. The summed E-state index contributed by atoms with van der Waals surface area (Å²) in [5, 5.41) is 8.59. The molecule has 6 heteroatoms. The number of aliphatic carboxylic acids is 1. The molecule has 5 nitrogen and oxygen atoms in total. The quantitative estimate of drug-likeness (QED) is 0.921. The lowest BCUT2D eigenvalue weighted by molar-refractivity contribution is -0.137. The first-order valence-electron chi connectivity index (χ1n) is 5.22. The predicted molar refractivity (Wildman–Crippen MR) is 68.1 cm³/mol. The number of amides is 2. The van der Waals surface area contributed by atoms with E-state index < -0.39 is 17.8 Å². The van der Waals surface area contributed by atoms with Gasteiger partial charge in [0.15, 0.2) is 0 Å². The average molecular weight is 314 g/mol. The fraction of sp³-hybridized carbons (Fsp3) is 0.250. The zero-order valence-corrected chi connectivity index (χ0v) is 11.3. The van der Waals surface area contributed by atoms with Gasteiger partial charge in [-0.2, -0.15) is 0 Å². The first kappa shape index (κ1) is 14.4. The van der Waals surface area contributed by atoms with Crippen LogP contribution in [0.4, 0.5) is 0 Å². The van der Waals surface area contributed by atoms with Crippen molar-refractivity contribution in [2.75, 3.05) is 6.54 Å². The Morgan fingerprint density at radius 2 is 1.89 bits per heavy atom. The third-order valence-corrected chi connectivity index (χ3v) is 2.97. The van der Waals surface area contributed by atoms with Crippen molar-refractivity contribution in [3.63, 3.8) is 0 Å². The van der Waals surface area contributed by atoms with Crippen molar-refractivity contribution >= 4 is 33.7 Å². The van der Waals surface area contributed by atoms with Crippen molar-refractivity contribution < 1.29 is 19.5 Å². The molecule has 0 aliphatic carbocycles. The number of rotatable bonds is 4. The standard InChI is InChI=1S/C12H12BrNO4/c1-8(15)14(7-6-11(16)17)12(18)9-4-2-3-5-10(9)13/h2-5H,6-7H2,1H3,(H,16,17). The first-order chi connectivity index (χ1) is 8.43. The Balaban J connectivity index is 2.93. The summed E-state index contributed by atoms with van der Waals surface area (Å²) in [7, 11) is 0. The maximum absolute atomic E-state index is 12.1. The number of carboxylic acids is 1. The molecule has 0 aliphatic rings. The number of halogens is 1. The summed E-state index contributed by atoms with van der Waals surface area (Å²) >= 11 is 3.22. The van der Waals surface area contributed by atoms with Gasteiger partial charge in [0.1, 0.15) is 0 Å². The molecule has 1 aromatic carbocycles. The van der Waals surface area contributed by atoms with Crippen LogP contribution in [-0.2, 0) is 9.59 Å². The normalized spacial score (nSPS) is 9.89. The molecule has 1 aromatic rings. The summed E-state index contributed by atoms with van der Waals surface area (Å²) in [5.41, 5.74) is 0.332. The van der Waals surface area contributed by atoms with Gasteiger partial charge in [-0.15, -0.1) is 0 Å². The van der Waals surface area contributed by atoms with Gasteiger partial charge in [-0.1, -0.05) is 12.1 Å². The minimum Gasteiger partial charge on any atom is -0.481 e. The molecule has 0 spiro atoms. The molecule has 0 radical (unpaired) electrons. The molecule has 1 rings (SSSR count). The molecule has 2 amide bonds. The smallest absolute Gasteiger partial charge is 0.305 e. The van der Waals surface area contributed by atoms with E-state index in [-0.39, 0.29) is 13.0 Å². The van der Waals surface area contributed by atoms with E-state index >= 15 is 0 Å². The molecule has 1 N–H and O–H groups in total. The van der Waals surface area contributed by atoms with Gasteiger partial charge in [-0.3, -0.25) is 19.3 Å². The summed E-state index contributed by atoms with van der Waals surface area (Å²) < 4.78 is 0.566. The summed E-state index contributed by atoms with van der Waals surface area (Å²) in [6, 6.07) is 6.68. The van der Waals surface area contributed by atoms with Crippen LogP contribution < -0.4 is 0 Å². The van der Waals surface area contributed by atoms with Crippen molar-refractivity contribution in [2.45, 2.75) is 13.3 Å². The van der Waals surface area contributed by atoms with E-state index in [1.165, 1.54) is 6.92 Å². The van der Waals surface area contributed by atoms with Crippen molar-refractivity contribution in [2.24, 2.45) is 0 Å². The van der Waals surface area contributed by atoms with Crippen LogP contribution in [0, 0.1) is 0 Å². The summed E-state index contributed by atoms with van der Waals surface area (Å²) in [6.45, 7) is 1.10. The number of hydrogen-bond donors (Lipinski definition) is 1. The molecule has 0 aromatic heterocycles. The molecule has 0 fully saturated rings. The highest BCUT2D eigenvalue weighted by molar-refractivity contribution is 9.10. The summed E-state index contributed by atoms with van der Waals surface area (Å²) in [5.74, 6) is -2.03. The van der Waals surface area contributed by atoms with Gasteiger partial charge in [0.05, 0.1) is 12.0 Å². The molecule has 0 heterocycles. The number of carboxylic acid groups (broad SMARTS) is 1. The Morgan fingerprint density at radius 3 is 2.39 bits per heavy atom. The molecular formula is C12H12BrNO4. The van der Waals surface area contributed by atoms with E-state index in [4.69, 9.17) is 5.11 Å². The van der Waals surface area contributed by atoms with Gasteiger partial charge >= 0.3 is 5.97 Å². The van der Waals surface area contributed by atoms with Crippen molar-refractivity contribution in [3.8, 4) is 0 Å². The first-order valence-corrected chi connectivity index (χ1v) is 6.01. The zero-order chi connectivity index (χ0) is 13.7. The number of imide groups is 1. The summed E-state index contributed by atoms with van der Waals surface area (Å²) in [6.07, 6.45) is -0.268. The van der Waals surface area contributed by atoms with Gasteiger partial charge in [0.25, 0.3) is 5.91 Å². The molecule has 0 saturated heterocycles. The number of hydrogen-bond acceptors (Lipinski definition) is 3. The topological polar surface area (TPSA) is 74.7 Å². The summed E-state index contributed by atoms with van der Waals surface area (Å²) in [4.78, 5) is 34.9.